The lowest BCUT2D eigenvalue weighted by molar-refractivity contribution is -0.130. The molecule has 0 aliphatic carbocycles. The average molecular weight is 227 g/mol. The number of amides is 1. The third-order valence-corrected chi connectivity index (χ3v) is 3.37. The number of nitrogens with one attached hydrogen (secondary N) is 1. The molecule has 0 aromatic heterocycles. The molecule has 1 heterocycles. The molecule has 1 amide bonds. The Labute approximate surface area is 99.0 Å². The first-order chi connectivity index (χ1) is 7.63. The molecule has 1 saturated heterocycles. The van der Waals surface area contributed by atoms with Gasteiger partial charge in [0, 0.05) is 14.1 Å². The SMILES string of the molecule is CNCCC1CCN(CC(=O)N(C)C)CC1. The van der Waals surface area contributed by atoms with Crippen LogP contribution in [0.3, 0.4) is 0 Å². The van der Waals surface area contributed by atoms with Crippen molar-refractivity contribution < 1.29 is 4.79 Å². The van der Waals surface area contributed by atoms with E-state index in [1.165, 1.54) is 19.3 Å². The zero-order chi connectivity index (χ0) is 12.0. The Hall–Kier alpha value is -0.610. The molecule has 0 atom stereocenters. The van der Waals surface area contributed by atoms with E-state index in [-0.39, 0.29) is 5.91 Å². The highest BCUT2D eigenvalue weighted by atomic mass is 16.2. The standard InChI is InChI=1S/C12H25N3O/c1-13-7-4-11-5-8-15(9-6-11)10-12(16)14(2)3/h11,13H,4-10H2,1-3H3. The van der Waals surface area contributed by atoms with Crippen LogP contribution in [0.2, 0.25) is 0 Å². The molecular weight excluding hydrogens is 202 g/mol. The molecule has 0 unspecified atom stereocenters. The number of rotatable bonds is 5. The van der Waals surface area contributed by atoms with Crippen molar-refractivity contribution in [2.24, 2.45) is 5.92 Å². The molecule has 0 bridgehead atoms. The lowest BCUT2D eigenvalue weighted by atomic mass is 9.93. The Morgan fingerprint density at radius 2 is 2.00 bits per heavy atom. The number of hydrogen-bond acceptors (Lipinski definition) is 3. The van der Waals surface area contributed by atoms with E-state index in [0.29, 0.717) is 6.54 Å². The van der Waals surface area contributed by atoms with Gasteiger partial charge in [0.15, 0.2) is 0 Å². The number of carbonyl (C=O) groups is 1. The van der Waals surface area contributed by atoms with Gasteiger partial charge in [0.25, 0.3) is 0 Å². The van der Waals surface area contributed by atoms with Crippen LogP contribution >= 0.6 is 0 Å². The third kappa shape index (κ3) is 4.49. The predicted molar refractivity (Wildman–Crippen MR) is 66.4 cm³/mol. The first-order valence-electron chi connectivity index (χ1n) is 6.20. The summed E-state index contributed by atoms with van der Waals surface area (Å²) in [6, 6.07) is 0. The van der Waals surface area contributed by atoms with E-state index >= 15 is 0 Å². The van der Waals surface area contributed by atoms with Crippen molar-refractivity contribution in [3.8, 4) is 0 Å². The second-order valence-electron chi connectivity index (χ2n) is 4.90. The van der Waals surface area contributed by atoms with Crippen molar-refractivity contribution in [3.05, 3.63) is 0 Å². The highest BCUT2D eigenvalue weighted by molar-refractivity contribution is 5.77. The van der Waals surface area contributed by atoms with Crippen molar-refractivity contribution >= 4 is 5.91 Å². The van der Waals surface area contributed by atoms with Gasteiger partial charge >= 0.3 is 0 Å². The van der Waals surface area contributed by atoms with Crippen LogP contribution in [-0.2, 0) is 4.79 Å². The Morgan fingerprint density at radius 1 is 1.38 bits per heavy atom. The Morgan fingerprint density at radius 3 is 2.50 bits per heavy atom. The van der Waals surface area contributed by atoms with Crippen molar-refractivity contribution in [2.45, 2.75) is 19.3 Å². The van der Waals surface area contributed by atoms with E-state index in [4.69, 9.17) is 0 Å². The van der Waals surface area contributed by atoms with Gasteiger partial charge in [0.05, 0.1) is 6.54 Å². The van der Waals surface area contributed by atoms with E-state index in [0.717, 1.165) is 25.6 Å². The average Bonchev–Trinajstić information content (AvgIpc) is 2.28. The maximum atomic E-state index is 11.5. The van der Waals surface area contributed by atoms with Gasteiger partial charge in [-0.05, 0) is 51.9 Å². The van der Waals surface area contributed by atoms with Gasteiger partial charge in [-0.3, -0.25) is 9.69 Å². The van der Waals surface area contributed by atoms with Crippen molar-refractivity contribution in [2.75, 3.05) is 47.3 Å². The zero-order valence-corrected chi connectivity index (χ0v) is 10.8. The maximum absolute atomic E-state index is 11.5. The maximum Gasteiger partial charge on any atom is 0.236 e. The van der Waals surface area contributed by atoms with Gasteiger partial charge in [0.2, 0.25) is 5.91 Å². The number of likely N-dealkylation sites (tertiary alicyclic amines) is 1. The summed E-state index contributed by atoms with van der Waals surface area (Å²) in [4.78, 5) is 15.5. The summed E-state index contributed by atoms with van der Waals surface area (Å²) in [5.41, 5.74) is 0. The highest BCUT2D eigenvalue weighted by Crippen LogP contribution is 2.19. The number of likely N-dealkylation sites (N-methyl/N-ethyl adjacent to an activating group) is 1. The molecule has 94 valence electrons. The normalized spacial score (nSPS) is 18.7. The van der Waals surface area contributed by atoms with Crippen LogP contribution in [0.1, 0.15) is 19.3 Å². The van der Waals surface area contributed by atoms with Crippen LogP contribution in [0.15, 0.2) is 0 Å². The Bertz CT molecular complexity index is 210. The van der Waals surface area contributed by atoms with Gasteiger partial charge in [-0.15, -0.1) is 0 Å². The van der Waals surface area contributed by atoms with E-state index in [9.17, 15) is 4.79 Å². The van der Waals surface area contributed by atoms with Gasteiger partial charge in [-0.2, -0.15) is 0 Å². The second kappa shape index (κ2) is 6.86. The molecule has 1 N–H and O–H groups in total. The first-order valence-corrected chi connectivity index (χ1v) is 6.20. The lowest BCUT2D eigenvalue weighted by Gasteiger charge is -2.32. The molecule has 0 aromatic carbocycles. The quantitative estimate of drug-likeness (QED) is 0.738. The monoisotopic (exact) mass is 227 g/mol. The molecule has 0 saturated carbocycles. The highest BCUT2D eigenvalue weighted by Gasteiger charge is 2.20. The molecule has 1 aliphatic heterocycles. The van der Waals surface area contributed by atoms with Crippen LogP contribution in [0.5, 0.6) is 0 Å². The van der Waals surface area contributed by atoms with Crippen LogP contribution in [0.25, 0.3) is 0 Å². The Balaban J connectivity index is 2.19. The van der Waals surface area contributed by atoms with E-state index in [1.807, 2.05) is 21.1 Å². The third-order valence-electron chi connectivity index (χ3n) is 3.37. The Kier molecular flexibility index (Phi) is 5.77. The zero-order valence-electron chi connectivity index (χ0n) is 10.8. The van der Waals surface area contributed by atoms with Crippen molar-refractivity contribution in [1.29, 1.82) is 0 Å². The second-order valence-corrected chi connectivity index (χ2v) is 4.90. The summed E-state index contributed by atoms with van der Waals surface area (Å²) >= 11 is 0. The van der Waals surface area contributed by atoms with Gasteiger partial charge in [-0.25, -0.2) is 0 Å². The molecule has 4 heteroatoms. The summed E-state index contributed by atoms with van der Waals surface area (Å²) in [7, 11) is 5.65. The summed E-state index contributed by atoms with van der Waals surface area (Å²) in [6.45, 7) is 3.86. The van der Waals surface area contributed by atoms with Gasteiger partial charge in [-0.1, -0.05) is 0 Å². The van der Waals surface area contributed by atoms with E-state index < -0.39 is 0 Å². The minimum atomic E-state index is 0.216. The lowest BCUT2D eigenvalue weighted by Crippen LogP contribution is -2.41. The fourth-order valence-corrected chi connectivity index (χ4v) is 2.11. The molecule has 1 aliphatic rings. The molecule has 1 fully saturated rings. The minimum Gasteiger partial charge on any atom is -0.348 e. The number of hydrogen-bond donors (Lipinski definition) is 1. The van der Waals surface area contributed by atoms with Gasteiger partial charge in [0.1, 0.15) is 0 Å². The molecule has 1 rings (SSSR count). The van der Waals surface area contributed by atoms with E-state index in [2.05, 4.69) is 10.2 Å². The van der Waals surface area contributed by atoms with Crippen LogP contribution in [0.4, 0.5) is 0 Å². The molecular formula is C12H25N3O. The summed E-state index contributed by atoms with van der Waals surface area (Å²) in [5.74, 6) is 1.06. The smallest absolute Gasteiger partial charge is 0.236 e. The minimum absolute atomic E-state index is 0.216. The van der Waals surface area contributed by atoms with Crippen LogP contribution in [0, 0.1) is 5.92 Å². The van der Waals surface area contributed by atoms with Crippen LogP contribution < -0.4 is 5.32 Å². The molecule has 0 spiro atoms. The molecule has 0 radical (unpaired) electrons. The summed E-state index contributed by atoms with van der Waals surface area (Å²) in [6.07, 6.45) is 3.75. The van der Waals surface area contributed by atoms with Crippen molar-refractivity contribution in [1.82, 2.24) is 15.1 Å². The number of piperidine rings is 1. The fraction of sp³-hybridized carbons (Fsp3) is 0.917. The van der Waals surface area contributed by atoms with Crippen molar-refractivity contribution in [3.63, 3.8) is 0 Å². The first kappa shape index (κ1) is 13.5. The molecule has 0 aromatic rings. The molecule has 4 nitrogen and oxygen atoms in total. The number of carbonyl (C=O) groups excluding carboxylic acids is 1. The predicted octanol–water partition coefficient (Wildman–Crippen LogP) is 0.396. The molecule has 16 heavy (non-hydrogen) atoms. The largest absolute Gasteiger partial charge is 0.348 e. The van der Waals surface area contributed by atoms with Gasteiger partial charge < -0.3 is 10.2 Å². The topological polar surface area (TPSA) is 35.6 Å². The van der Waals surface area contributed by atoms with Crippen LogP contribution in [-0.4, -0.2) is 63.0 Å². The van der Waals surface area contributed by atoms with E-state index in [1.54, 1.807) is 4.90 Å². The summed E-state index contributed by atoms with van der Waals surface area (Å²) < 4.78 is 0. The number of nitrogens with zero attached hydrogens (tertiary/aromatic N) is 2. The fourth-order valence-electron chi connectivity index (χ4n) is 2.11. The summed E-state index contributed by atoms with van der Waals surface area (Å²) in [5, 5.41) is 3.20.